The summed E-state index contributed by atoms with van der Waals surface area (Å²) in [4.78, 5) is 26.8. The molecule has 0 saturated heterocycles. The van der Waals surface area contributed by atoms with E-state index in [1.165, 1.54) is 23.8 Å². The minimum absolute atomic E-state index is 0.0158. The maximum atomic E-state index is 12.9. The van der Waals surface area contributed by atoms with E-state index in [4.69, 9.17) is 9.47 Å². The van der Waals surface area contributed by atoms with Crippen molar-refractivity contribution in [3.63, 3.8) is 0 Å². The number of Topliss-reactive ketones (excluding diaryl/α,β-unsaturated/α-hetero) is 1. The number of nitrogens with zero attached hydrogens (tertiary/aromatic N) is 1. The molecule has 1 aliphatic rings. The lowest BCUT2D eigenvalue weighted by Crippen LogP contribution is -2.38. The highest BCUT2D eigenvalue weighted by atomic mass is 32.1. The first kappa shape index (κ1) is 17.5. The molecule has 0 radical (unpaired) electrons. The van der Waals surface area contributed by atoms with Crippen molar-refractivity contribution in [3.05, 3.63) is 45.1 Å². The second kappa shape index (κ2) is 6.88. The van der Waals surface area contributed by atoms with E-state index >= 15 is 0 Å². The smallest absolute Gasteiger partial charge is 0.255 e. The van der Waals surface area contributed by atoms with E-state index in [-0.39, 0.29) is 17.7 Å². The van der Waals surface area contributed by atoms with Crippen LogP contribution < -0.4 is 9.47 Å². The van der Waals surface area contributed by atoms with Crippen LogP contribution in [0.4, 0.5) is 0 Å². The fourth-order valence-corrected chi connectivity index (χ4v) is 4.00. The number of ketones is 1. The number of benzene rings is 1. The normalized spacial score (nSPS) is 16.3. The summed E-state index contributed by atoms with van der Waals surface area (Å²) in [7, 11) is 3.23. The Bertz CT molecular complexity index is 827. The lowest BCUT2D eigenvalue weighted by molar-refractivity contribution is 0.0678. The van der Waals surface area contributed by atoms with Crippen molar-refractivity contribution in [1.29, 1.82) is 0 Å². The fourth-order valence-electron chi connectivity index (χ4n) is 3.22. The standard InChI is InChI=1S/C19H21NO4S/c1-11-15-9-17(24-4)16(23-3)7-13(15)5-6-20(11)19(22)14-8-18(12(2)21)25-10-14/h7-11H,5-6H2,1-4H3/t11-/m1/s1. The first-order chi connectivity index (χ1) is 12.0. The van der Waals surface area contributed by atoms with Crippen molar-refractivity contribution in [2.24, 2.45) is 0 Å². The molecule has 1 aliphatic heterocycles. The highest BCUT2D eigenvalue weighted by Gasteiger charge is 2.30. The van der Waals surface area contributed by atoms with Gasteiger partial charge in [0.05, 0.1) is 30.7 Å². The number of rotatable bonds is 4. The van der Waals surface area contributed by atoms with Gasteiger partial charge in [0.1, 0.15) is 0 Å². The van der Waals surface area contributed by atoms with Gasteiger partial charge in [0.15, 0.2) is 17.3 Å². The highest BCUT2D eigenvalue weighted by Crippen LogP contribution is 2.38. The Morgan fingerprint density at radius 1 is 1.16 bits per heavy atom. The van der Waals surface area contributed by atoms with Crippen LogP contribution in [0.3, 0.4) is 0 Å². The van der Waals surface area contributed by atoms with Crippen molar-refractivity contribution >= 4 is 23.0 Å². The summed E-state index contributed by atoms with van der Waals surface area (Å²) in [5.74, 6) is 1.31. The molecule has 0 bridgehead atoms. The van der Waals surface area contributed by atoms with E-state index in [9.17, 15) is 9.59 Å². The van der Waals surface area contributed by atoms with Gasteiger partial charge in [-0.25, -0.2) is 0 Å². The summed E-state index contributed by atoms with van der Waals surface area (Å²) in [5, 5.41) is 1.76. The number of amides is 1. The monoisotopic (exact) mass is 359 g/mol. The van der Waals surface area contributed by atoms with Crippen LogP contribution in [-0.2, 0) is 6.42 Å². The molecule has 0 fully saturated rings. The quantitative estimate of drug-likeness (QED) is 0.781. The van der Waals surface area contributed by atoms with Gasteiger partial charge in [-0.05, 0) is 49.6 Å². The number of hydrogen-bond acceptors (Lipinski definition) is 5. The lowest BCUT2D eigenvalue weighted by atomic mass is 9.92. The summed E-state index contributed by atoms with van der Waals surface area (Å²) in [6, 6.07) is 5.56. The topological polar surface area (TPSA) is 55.8 Å². The van der Waals surface area contributed by atoms with Crippen LogP contribution in [-0.4, -0.2) is 37.4 Å². The molecule has 2 aromatic rings. The second-order valence-electron chi connectivity index (χ2n) is 6.09. The molecule has 1 aromatic heterocycles. The van der Waals surface area contributed by atoms with Gasteiger partial charge >= 0.3 is 0 Å². The molecule has 1 aromatic carbocycles. The third kappa shape index (κ3) is 3.14. The average molecular weight is 359 g/mol. The highest BCUT2D eigenvalue weighted by molar-refractivity contribution is 7.12. The van der Waals surface area contributed by atoms with Gasteiger partial charge in [-0.3, -0.25) is 9.59 Å². The van der Waals surface area contributed by atoms with Crippen LogP contribution in [0.25, 0.3) is 0 Å². The predicted octanol–water partition coefficient (Wildman–Crippen LogP) is 3.73. The molecule has 0 aliphatic carbocycles. The summed E-state index contributed by atoms with van der Waals surface area (Å²) in [5.41, 5.74) is 2.81. The molecule has 132 valence electrons. The van der Waals surface area contributed by atoms with E-state index < -0.39 is 0 Å². The Labute approximate surface area is 151 Å². The molecule has 0 unspecified atom stereocenters. The summed E-state index contributed by atoms with van der Waals surface area (Å²) in [6.07, 6.45) is 0.759. The van der Waals surface area contributed by atoms with E-state index in [1.54, 1.807) is 25.7 Å². The Balaban J connectivity index is 1.91. The molecule has 0 saturated carbocycles. The van der Waals surface area contributed by atoms with Gasteiger partial charge in [-0.2, -0.15) is 0 Å². The Morgan fingerprint density at radius 2 is 1.84 bits per heavy atom. The number of ether oxygens (including phenoxy) is 2. The second-order valence-corrected chi connectivity index (χ2v) is 7.00. The van der Waals surface area contributed by atoms with E-state index in [0.717, 1.165) is 12.0 Å². The maximum Gasteiger partial charge on any atom is 0.255 e. The summed E-state index contributed by atoms with van der Waals surface area (Å²) < 4.78 is 10.8. The number of carbonyl (C=O) groups excluding carboxylic acids is 2. The van der Waals surface area contributed by atoms with Crippen molar-refractivity contribution < 1.29 is 19.1 Å². The van der Waals surface area contributed by atoms with Crippen LogP contribution in [0.5, 0.6) is 11.5 Å². The number of hydrogen-bond donors (Lipinski definition) is 0. The predicted molar refractivity (Wildman–Crippen MR) is 97.0 cm³/mol. The third-order valence-electron chi connectivity index (χ3n) is 4.64. The largest absolute Gasteiger partial charge is 0.493 e. The third-order valence-corrected chi connectivity index (χ3v) is 5.67. The first-order valence-corrected chi connectivity index (χ1v) is 8.99. The Kier molecular flexibility index (Phi) is 4.81. The molecule has 5 nitrogen and oxygen atoms in total. The minimum Gasteiger partial charge on any atom is -0.493 e. The lowest BCUT2D eigenvalue weighted by Gasteiger charge is -2.35. The molecule has 6 heteroatoms. The van der Waals surface area contributed by atoms with Gasteiger partial charge < -0.3 is 14.4 Å². The van der Waals surface area contributed by atoms with Gasteiger partial charge in [-0.15, -0.1) is 11.3 Å². The van der Waals surface area contributed by atoms with Crippen LogP contribution >= 0.6 is 11.3 Å². The zero-order chi connectivity index (χ0) is 18.1. The first-order valence-electron chi connectivity index (χ1n) is 8.11. The molecule has 25 heavy (non-hydrogen) atoms. The van der Waals surface area contributed by atoms with E-state index in [1.807, 2.05) is 24.0 Å². The fraction of sp³-hybridized carbons (Fsp3) is 0.368. The molecule has 2 heterocycles. The van der Waals surface area contributed by atoms with Gasteiger partial charge in [0.2, 0.25) is 0 Å². The van der Waals surface area contributed by atoms with Crippen molar-refractivity contribution in [2.75, 3.05) is 20.8 Å². The number of thiophene rings is 1. The van der Waals surface area contributed by atoms with Crippen LogP contribution in [0.15, 0.2) is 23.6 Å². The van der Waals surface area contributed by atoms with E-state index in [2.05, 4.69) is 0 Å². The summed E-state index contributed by atoms with van der Waals surface area (Å²) >= 11 is 1.31. The molecule has 1 atom stereocenters. The zero-order valence-corrected chi connectivity index (χ0v) is 15.6. The average Bonchev–Trinajstić information content (AvgIpc) is 3.11. The Morgan fingerprint density at radius 3 is 2.44 bits per heavy atom. The molecule has 1 amide bonds. The molecular weight excluding hydrogens is 338 g/mol. The molecule has 3 rings (SSSR count). The molecular formula is C19H21NO4S. The van der Waals surface area contributed by atoms with Crippen molar-refractivity contribution in [1.82, 2.24) is 4.90 Å². The SMILES string of the molecule is COc1cc2c(cc1OC)[C@@H](C)N(C(=O)c1csc(C(C)=O)c1)CC2. The Hall–Kier alpha value is -2.34. The number of carbonyl (C=O) groups is 2. The minimum atomic E-state index is -0.0725. The van der Waals surface area contributed by atoms with Crippen LogP contribution in [0.2, 0.25) is 0 Å². The van der Waals surface area contributed by atoms with Crippen molar-refractivity contribution in [2.45, 2.75) is 26.3 Å². The van der Waals surface area contributed by atoms with Crippen molar-refractivity contribution in [3.8, 4) is 11.5 Å². The maximum absolute atomic E-state index is 12.9. The van der Waals surface area contributed by atoms with Crippen LogP contribution in [0.1, 0.15) is 51.0 Å². The van der Waals surface area contributed by atoms with Gasteiger partial charge in [0, 0.05) is 11.9 Å². The van der Waals surface area contributed by atoms with Crippen LogP contribution in [0, 0.1) is 0 Å². The molecule has 0 spiro atoms. The van der Waals surface area contributed by atoms with E-state index in [0.29, 0.717) is 28.5 Å². The zero-order valence-electron chi connectivity index (χ0n) is 14.8. The van der Waals surface area contributed by atoms with Gasteiger partial charge in [0.25, 0.3) is 5.91 Å². The number of methoxy groups -OCH3 is 2. The number of fused-ring (bicyclic) bond motifs is 1. The summed E-state index contributed by atoms with van der Waals surface area (Å²) in [6.45, 7) is 4.16. The molecule has 0 N–H and O–H groups in total. The van der Waals surface area contributed by atoms with Gasteiger partial charge in [-0.1, -0.05) is 0 Å².